The fourth-order valence-electron chi connectivity index (χ4n) is 2.40. The van der Waals surface area contributed by atoms with Gasteiger partial charge in [0.05, 0.1) is 4.47 Å². The Bertz CT molecular complexity index is 434. The van der Waals surface area contributed by atoms with Crippen LogP contribution in [0, 0.1) is 12.7 Å². The maximum absolute atomic E-state index is 13.4. The first-order valence-corrected chi connectivity index (χ1v) is 7.23. The van der Waals surface area contributed by atoms with E-state index in [0.717, 1.165) is 30.8 Å². The van der Waals surface area contributed by atoms with E-state index < -0.39 is 0 Å². The Hall–Kier alpha value is -0.610. The highest BCUT2D eigenvalue weighted by Gasteiger charge is 2.24. The Morgan fingerprint density at radius 2 is 2.17 bits per heavy atom. The third kappa shape index (κ3) is 3.04. The van der Waals surface area contributed by atoms with Crippen LogP contribution in [-0.2, 0) is 0 Å². The van der Waals surface area contributed by atoms with Crippen molar-refractivity contribution in [1.29, 1.82) is 0 Å². The summed E-state index contributed by atoms with van der Waals surface area (Å²) in [6, 6.07) is 4.46. The number of halogens is 2. The highest BCUT2D eigenvalue weighted by Crippen LogP contribution is 2.26. The molecule has 1 aromatic carbocycles. The van der Waals surface area contributed by atoms with Gasteiger partial charge in [-0.2, -0.15) is 0 Å². The first-order chi connectivity index (χ1) is 8.47. The molecule has 100 valence electrons. The van der Waals surface area contributed by atoms with Crippen LogP contribution in [0.2, 0.25) is 0 Å². The number of benzene rings is 1. The molecule has 0 spiro atoms. The van der Waals surface area contributed by atoms with Gasteiger partial charge in [-0.3, -0.25) is 4.90 Å². The lowest BCUT2D eigenvalue weighted by Gasteiger charge is -2.21. The third-order valence-corrected chi connectivity index (χ3v) is 4.18. The molecular formula is C14H20BrFN2. The third-order valence-electron chi connectivity index (χ3n) is 3.58. The molecule has 0 aliphatic carbocycles. The molecule has 0 aromatic heterocycles. The topological polar surface area (TPSA) is 15.3 Å². The van der Waals surface area contributed by atoms with Gasteiger partial charge in [-0.05, 0) is 60.8 Å². The minimum Gasteiger partial charge on any atom is -0.381 e. The molecular weight excluding hydrogens is 295 g/mol. The van der Waals surface area contributed by atoms with E-state index in [9.17, 15) is 4.39 Å². The van der Waals surface area contributed by atoms with Gasteiger partial charge >= 0.3 is 0 Å². The second-order valence-electron chi connectivity index (χ2n) is 5.30. The molecule has 1 N–H and O–H groups in total. The summed E-state index contributed by atoms with van der Waals surface area (Å²) in [5.74, 6) is -0.201. The lowest BCUT2D eigenvalue weighted by atomic mass is 10.1. The minimum absolute atomic E-state index is 0.201. The highest BCUT2D eigenvalue weighted by molar-refractivity contribution is 9.10. The maximum atomic E-state index is 13.4. The number of nitrogens with zero attached hydrogens (tertiary/aromatic N) is 1. The van der Waals surface area contributed by atoms with E-state index in [-0.39, 0.29) is 5.82 Å². The zero-order chi connectivity index (χ0) is 13.3. The summed E-state index contributed by atoms with van der Waals surface area (Å²) in [6.45, 7) is 8.58. The Kier molecular flexibility index (Phi) is 4.28. The quantitative estimate of drug-likeness (QED) is 0.913. The second kappa shape index (κ2) is 5.57. The molecule has 2 nitrogen and oxygen atoms in total. The second-order valence-corrected chi connectivity index (χ2v) is 6.15. The van der Waals surface area contributed by atoms with E-state index in [4.69, 9.17) is 0 Å². The molecule has 1 aliphatic heterocycles. The zero-order valence-corrected chi connectivity index (χ0v) is 12.7. The van der Waals surface area contributed by atoms with Gasteiger partial charge in [0.1, 0.15) is 5.82 Å². The van der Waals surface area contributed by atoms with Crippen molar-refractivity contribution in [2.24, 2.45) is 0 Å². The molecule has 1 saturated heterocycles. The van der Waals surface area contributed by atoms with Gasteiger partial charge in [0.2, 0.25) is 0 Å². The summed E-state index contributed by atoms with van der Waals surface area (Å²) >= 11 is 3.24. The summed E-state index contributed by atoms with van der Waals surface area (Å²) < 4.78 is 13.9. The van der Waals surface area contributed by atoms with Gasteiger partial charge in [0, 0.05) is 30.9 Å². The first kappa shape index (κ1) is 13.8. The number of nitrogens with one attached hydrogen (secondary N) is 1. The van der Waals surface area contributed by atoms with Crippen LogP contribution < -0.4 is 5.32 Å². The normalized spacial score (nSPS) is 20.7. The molecule has 1 heterocycles. The Morgan fingerprint density at radius 1 is 1.44 bits per heavy atom. The number of hydrogen-bond donors (Lipinski definition) is 1. The molecule has 1 aromatic rings. The first-order valence-electron chi connectivity index (χ1n) is 6.43. The van der Waals surface area contributed by atoms with Crippen LogP contribution in [0.25, 0.3) is 0 Å². The monoisotopic (exact) mass is 314 g/mol. The Balaban J connectivity index is 2.05. The molecule has 18 heavy (non-hydrogen) atoms. The molecule has 1 fully saturated rings. The summed E-state index contributed by atoms with van der Waals surface area (Å²) in [5.41, 5.74) is 1.98. The molecule has 2 rings (SSSR count). The lowest BCUT2D eigenvalue weighted by molar-refractivity contribution is 0.274. The van der Waals surface area contributed by atoms with Crippen LogP contribution in [0.1, 0.15) is 25.8 Å². The minimum atomic E-state index is -0.201. The van der Waals surface area contributed by atoms with Gasteiger partial charge in [-0.1, -0.05) is 0 Å². The van der Waals surface area contributed by atoms with Crippen molar-refractivity contribution in [3.63, 3.8) is 0 Å². The standard InChI is InChI=1S/C14H20BrFN2/c1-9(2)18-5-4-11(8-18)17-14-7-12(15)13(16)6-10(14)3/h6-7,9,11,17H,4-5,8H2,1-3H3. The average Bonchev–Trinajstić information content (AvgIpc) is 2.74. The van der Waals surface area contributed by atoms with Crippen molar-refractivity contribution in [2.45, 2.75) is 39.3 Å². The molecule has 1 unspecified atom stereocenters. The van der Waals surface area contributed by atoms with Crippen molar-refractivity contribution in [1.82, 2.24) is 4.90 Å². The van der Waals surface area contributed by atoms with Crippen LogP contribution in [0.5, 0.6) is 0 Å². The average molecular weight is 315 g/mol. The van der Waals surface area contributed by atoms with E-state index in [1.54, 1.807) is 6.07 Å². The zero-order valence-electron chi connectivity index (χ0n) is 11.1. The smallest absolute Gasteiger partial charge is 0.137 e. The SMILES string of the molecule is Cc1cc(F)c(Br)cc1NC1CCN(C(C)C)C1. The number of aryl methyl sites for hydroxylation is 1. The van der Waals surface area contributed by atoms with E-state index in [1.807, 2.05) is 13.0 Å². The van der Waals surface area contributed by atoms with Crippen molar-refractivity contribution >= 4 is 21.6 Å². The summed E-state index contributed by atoms with van der Waals surface area (Å²) in [7, 11) is 0. The van der Waals surface area contributed by atoms with E-state index in [1.165, 1.54) is 0 Å². The van der Waals surface area contributed by atoms with Crippen LogP contribution in [0.15, 0.2) is 16.6 Å². The van der Waals surface area contributed by atoms with Crippen molar-refractivity contribution in [2.75, 3.05) is 18.4 Å². The van der Waals surface area contributed by atoms with Gasteiger partial charge < -0.3 is 5.32 Å². The van der Waals surface area contributed by atoms with Crippen LogP contribution >= 0.6 is 15.9 Å². The summed E-state index contributed by atoms with van der Waals surface area (Å²) in [4.78, 5) is 2.46. The predicted octanol–water partition coefficient (Wildman–Crippen LogP) is 3.79. The fourth-order valence-corrected chi connectivity index (χ4v) is 2.74. The molecule has 0 amide bonds. The number of rotatable bonds is 3. The van der Waals surface area contributed by atoms with Crippen LogP contribution in [0.3, 0.4) is 0 Å². The van der Waals surface area contributed by atoms with Gasteiger partial charge in [-0.15, -0.1) is 0 Å². The van der Waals surface area contributed by atoms with Crippen LogP contribution in [-0.4, -0.2) is 30.1 Å². The van der Waals surface area contributed by atoms with Crippen LogP contribution in [0.4, 0.5) is 10.1 Å². The number of hydrogen-bond acceptors (Lipinski definition) is 2. The van der Waals surface area contributed by atoms with Crippen molar-refractivity contribution < 1.29 is 4.39 Å². The molecule has 0 saturated carbocycles. The Labute approximate surface area is 117 Å². The Morgan fingerprint density at radius 3 is 2.78 bits per heavy atom. The predicted molar refractivity (Wildman–Crippen MR) is 77.6 cm³/mol. The van der Waals surface area contributed by atoms with E-state index in [0.29, 0.717) is 16.6 Å². The van der Waals surface area contributed by atoms with Gasteiger partial charge in [0.25, 0.3) is 0 Å². The summed E-state index contributed by atoms with van der Waals surface area (Å²) in [6.07, 6.45) is 1.15. The molecule has 1 atom stereocenters. The number of anilines is 1. The van der Waals surface area contributed by atoms with Crippen molar-refractivity contribution in [3.8, 4) is 0 Å². The van der Waals surface area contributed by atoms with Crippen molar-refractivity contribution in [3.05, 3.63) is 28.0 Å². The van der Waals surface area contributed by atoms with E-state index >= 15 is 0 Å². The molecule has 4 heteroatoms. The highest BCUT2D eigenvalue weighted by atomic mass is 79.9. The van der Waals surface area contributed by atoms with Gasteiger partial charge in [-0.25, -0.2) is 4.39 Å². The lowest BCUT2D eigenvalue weighted by Crippen LogP contribution is -2.31. The largest absolute Gasteiger partial charge is 0.381 e. The fraction of sp³-hybridized carbons (Fsp3) is 0.571. The molecule has 0 bridgehead atoms. The summed E-state index contributed by atoms with van der Waals surface area (Å²) in [5, 5.41) is 3.52. The molecule has 1 aliphatic rings. The molecule has 0 radical (unpaired) electrons. The number of likely N-dealkylation sites (tertiary alicyclic amines) is 1. The maximum Gasteiger partial charge on any atom is 0.137 e. The van der Waals surface area contributed by atoms with Gasteiger partial charge in [0.15, 0.2) is 0 Å². The van der Waals surface area contributed by atoms with E-state index in [2.05, 4.69) is 40.0 Å².